The lowest BCUT2D eigenvalue weighted by Crippen LogP contribution is -2.17. The minimum absolute atomic E-state index is 0.0700. The third kappa shape index (κ3) is 6.54. The average Bonchev–Trinajstić information content (AvgIpc) is 2.88. The lowest BCUT2D eigenvalue weighted by molar-refractivity contribution is 0.201. The van der Waals surface area contributed by atoms with Crippen LogP contribution in [0.15, 0.2) is 72.1 Å². The second-order valence-electron chi connectivity index (χ2n) is 9.57. The molecule has 0 bridgehead atoms. The smallest absolute Gasteiger partial charge is 0.316 e. The zero-order valence-corrected chi connectivity index (χ0v) is 22.4. The fraction of sp³-hybridized carbons (Fsp3) is 0.259. The van der Waals surface area contributed by atoms with Gasteiger partial charge in [-0.15, -0.1) is 0 Å². The van der Waals surface area contributed by atoms with Gasteiger partial charge in [0.1, 0.15) is 19.5 Å². The summed E-state index contributed by atoms with van der Waals surface area (Å²) in [5.41, 5.74) is 3.02. The van der Waals surface area contributed by atoms with Crippen LogP contribution in [-0.4, -0.2) is 46.7 Å². The Labute approximate surface area is 221 Å². The SMILES string of the molecule is Cc1ccc(-c2c(NS(=O)(=O)c3ccc(C(C)(C)C)cc3)ncnc2OCCOc2ncc(O)cn2)cc1. The van der Waals surface area contributed by atoms with Crippen molar-refractivity contribution in [3.63, 3.8) is 0 Å². The maximum absolute atomic E-state index is 13.3. The number of rotatable bonds is 9. The Kier molecular flexibility index (Phi) is 7.77. The van der Waals surface area contributed by atoms with Crippen molar-refractivity contribution in [2.45, 2.75) is 38.0 Å². The van der Waals surface area contributed by atoms with Gasteiger partial charge >= 0.3 is 6.01 Å². The minimum atomic E-state index is -3.95. The highest BCUT2D eigenvalue weighted by Crippen LogP contribution is 2.35. The highest BCUT2D eigenvalue weighted by molar-refractivity contribution is 7.92. The lowest BCUT2D eigenvalue weighted by atomic mass is 9.87. The van der Waals surface area contributed by atoms with E-state index in [9.17, 15) is 13.5 Å². The number of aromatic hydroxyl groups is 1. The van der Waals surface area contributed by atoms with E-state index in [1.165, 1.54) is 18.7 Å². The van der Waals surface area contributed by atoms with E-state index in [4.69, 9.17) is 9.47 Å². The van der Waals surface area contributed by atoms with E-state index < -0.39 is 10.0 Å². The summed E-state index contributed by atoms with van der Waals surface area (Å²) in [7, 11) is -3.95. The van der Waals surface area contributed by atoms with Gasteiger partial charge in [0.25, 0.3) is 10.0 Å². The fourth-order valence-corrected chi connectivity index (χ4v) is 4.53. The van der Waals surface area contributed by atoms with Crippen molar-refractivity contribution in [2.24, 2.45) is 0 Å². The quantitative estimate of drug-likeness (QED) is 0.297. The van der Waals surface area contributed by atoms with Crippen LogP contribution in [0.1, 0.15) is 31.9 Å². The summed E-state index contributed by atoms with van der Waals surface area (Å²) in [6.07, 6.45) is 3.67. The lowest BCUT2D eigenvalue weighted by Gasteiger charge is -2.19. The zero-order chi connectivity index (χ0) is 27.3. The Morgan fingerprint density at radius 1 is 0.868 bits per heavy atom. The highest BCUT2D eigenvalue weighted by atomic mass is 32.2. The minimum Gasteiger partial charge on any atom is -0.505 e. The molecule has 11 heteroatoms. The zero-order valence-electron chi connectivity index (χ0n) is 21.5. The Morgan fingerprint density at radius 3 is 2.13 bits per heavy atom. The molecule has 0 radical (unpaired) electrons. The molecular weight excluding hydrogens is 506 g/mol. The van der Waals surface area contributed by atoms with Gasteiger partial charge in [-0.25, -0.2) is 18.4 Å². The molecule has 198 valence electrons. The van der Waals surface area contributed by atoms with Crippen molar-refractivity contribution in [3.8, 4) is 28.8 Å². The molecule has 2 N–H and O–H groups in total. The highest BCUT2D eigenvalue weighted by Gasteiger charge is 2.22. The number of aromatic nitrogens is 4. The summed E-state index contributed by atoms with van der Waals surface area (Å²) in [6, 6.07) is 14.4. The van der Waals surface area contributed by atoms with Crippen LogP contribution in [0, 0.1) is 6.92 Å². The standard InChI is InChI=1S/C27H29N5O5S/c1-18-5-7-19(8-6-18)23-24(32-38(34,35)22-11-9-20(10-12-22)27(2,3)4)30-17-31-25(23)36-13-14-37-26-28-15-21(33)16-29-26/h5-12,15-17,33H,13-14H2,1-4H3,(H,30,31,32). The normalized spacial score (nSPS) is 11.7. The molecule has 4 rings (SSSR count). The van der Waals surface area contributed by atoms with E-state index in [0.29, 0.717) is 11.1 Å². The molecule has 2 aromatic heterocycles. The van der Waals surface area contributed by atoms with Crippen LogP contribution in [0.3, 0.4) is 0 Å². The van der Waals surface area contributed by atoms with E-state index in [1.807, 2.05) is 43.3 Å². The number of anilines is 1. The van der Waals surface area contributed by atoms with Crippen LogP contribution >= 0.6 is 0 Å². The molecule has 0 atom stereocenters. The van der Waals surface area contributed by atoms with Crippen LogP contribution in [0.2, 0.25) is 0 Å². The maximum atomic E-state index is 13.3. The summed E-state index contributed by atoms with van der Waals surface area (Å²) in [6.45, 7) is 8.30. The number of ether oxygens (including phenoxy) is 2. The monoisotopic (exact) mass is 535 g/mol. The molecule has 0 fully saturated rings. The van der Waals surface area contributed by atoms with Crippen LogP contribution in [0.5, 0.6) is 17.6 Å². The second kappa shape index (κ2) is 11.0. The van der Waals surface area contributed by atoms with Crippen LogP contribution in [0.25, 0.3) is 11.1 Å². The molecule has 2 heterocycles. The van der Waals surface area contributed by atoms with Crippen LogP contribution < -0.4 is 14.2 Å². The first-order valence-electron chi connectivity index (χ1n) is 11.8. The third-order valence-corrected chi connectivity index (χ3v) is 6.94. The van der Waals surface area contributed by atoms with Gasteiger partial charge in [-0.1, -0.05) is 62.7 Å². The van der Waals surface area contributed by atoms with Crippen molar-refractivity contribution in [1.29, 1.82) is 0 Å². The molecule has 0 saturated heterocycles. The average molecular weight is 536 g/mol. The van der Waals surface area contributed by atoms with Crippen molar-refractivity contribution in [3.05, 3.63) is 78.4 Å². The first kappa shape index (κ1) is 26.8. The summed E-state index contributed by atoms with van der Waals surface area (Å²) < 4.78 is 40.5. The molecule has 0 aliphatic heterocycles. The number of nitrogens with zero attached hydrogens (tertiary/aromatic N) is 4. The number of aryl methyl sites for hydroxylation is 1. The molecule has 4 aromatic rings. The number of hydrogen-bond acceptors (Lipinski definition) is 9. The largest absolute Gasteiger partial charge is 0.505 e. The fourth-order valence-electron chi connectivity index (χ4n) is 3.51. The summed E-state index contributed by atoms with van der Waals surface area (Å²) in [5.74, 6) is 0.193. The topological polar surface area (TPSA) is 136 Å². The Morgan fingerprint density at radius 2 is 1.50 bits per heavy atom. The van der Waals surface area contributed by atoms with Crippen LogP contribution in [-0.2, 0) is 15.4 Å². The molecule has 38 heavy (non-hydrogen) atoms. The molecule has 0 spiro atoms. The van der Waals surface area contributed by atoms with Gasteiger partial charge in [0.05, 0.1) is 22.9 Å². The Bertz CT molecular complexity index is 1490. The second-order valence-corrected chi connectivity index (χ2v) is 11.3. The third-order valence-electron chi connectivity index (χ3n) is 5.58. The van der Waals surface area contributed by atoms with Gasteiger partial charge in [0.15, 0.2) is 11.6 Å². The van der Waals surface area contributed by atoms with E-state index >= 15 is 0 Å². The predicted octanol–water partition coefficient (Wildman–Crippen LogP) is 4.50. The number of benzene rings is 2. The summed E-state index contributed by atoms with van der Waals surface area (Å²) >= 11 is 0. The molecule has 0 unspecified atom stereocenters. The summed E-state index contributed by atoms with van der Waals surface area (Å²) in [5, 5.41) is 9.29. The van der Waals surface area contributed by atoms with E-state index in [1.54, 1.807) is 12.1 Å². The maximum Gasteiger partial charge on any atom is 0.316 e. The van der Waals surface area contributed by atoms with E-state index in [-0.39, 0.29) is 47.0 Å². The number of nitrogens with one attached hydrogen (secondary N) is 1. The van der Waals surface area contributed by atoms with Crippen molar-refractivity contribution in [1.82, 2.24) is 19.9 Å². The first-order valence-corrected chi connectivity index (χ1v) is 13.3. The van der Waals surface area contributed by atoms with Crippen LogP contribution in [0.4, 0.5) is 5.82 Å². The molecule has 10 nitrogen and oxygen atoms in total. The van der Waals surface area contributed by atoms with Gasteiger partial charge in [0, 0.05) is 0 Å². The van der Waals surface area contributed by atoms with Gasteiger partial charge < -0.3 is 14.6 Å². The summed E-state index contributed by atoms with van der Waals surface area (Å²) in [4.78, 5) is 16.3. The predicted molar refractivity (Wildman–Crippen MR) is 143 cm³/mol. The molecule has 0 saturated carbocycles. The van der Waals surface area contributed by atoms with Gasteiger partial charge in [-0.2, -0.15) is 9.97 Å². The van der Waals surface area contributed by atoms with Crippen molar-refractivity contribution in [2.75, 3.05) is 17.9 Å². The first-order chi connectivity index (χ1) is 18.0. The molecule has 0 aliphatic carbocycles. The van der Waals surface area contributed by atoms with Crippen molar-refractivity contribution >= 4 is 15.8 Å². The van der Waals surface area contributed by atoms with E-state index in [2.05, 4.69) is 45.4 Å². The molecule has 2 aromatic carbocycles. The van der Waals surface area contributed by atoms with Gasteiger partial charge in [0.2, 0.25) is 5.88 Å². The molecule has 0 aliphatic rings. The van der Waals surface area contributed by atoms with Gasteiger partial charge in [-0.3, -0.25) is 4.72 Å². The van der Waals surface area contributed by atoms with Crippen molar-refractivity contribution < 1.29 is 23.0 Å². The number of sulfonamides is 1. The molecule has 0 amide bonds. The number of hydrogen-bond donors (Lipinski definition) is 2. The van der Waals surface area contributed by atoms with E-state index in [0.717, 1.165) is 11.1 Å². The van der Waals surface area contributed by atoms with Gasteiger partial charge in [-0.05, 0) is 35.6 Å². The molecular formula is C27H29N5O5S. The Balaban J connectivity index is 1.60. The Hall–Kier alpha value is -4.25.